The van der Waals surface area contributed by atoms with Crippen LogP contribution in [0.15, 0.2) is 36.7 Å². The molecule has 0 bridgehead atoms. The van der Waals surface area contributed by atoms with Crippen LogP contribution in [-0.4, -0.2) is 73.9 Å². The zero-order chi connectivity index (χ0) is 30.4. The van der Waals surface area contributed by atoms with E-state index in [1.165, 1.54) is 4.90 Å². The van der Waals surface area contributed by atoms with Crippen molar-refractivity contribution in [3.63, 3.8) is 0 Å². The smallest absolute Gasteiger partial charge is 0.410 e. The molecule has 2 aromatic heterocycles. The zero-order valence-corrected chi connectivity index (χ0v) is 25.7. The van der Waals surface area contributed by atoms with Gasteiger partial charge in [0.25, 0.3) is 0 Å². The van der Waals surface area contributed by atoms with Crippen LogP contribution < -0.4 is 14.4 Å². The van der Waals surface area contributed by atoms with Crippen molar-refractivity contribution >= 4 is 44.3 Å². The van der Waals surface area contributed by atoms with Gasteiger partial charge in [0.1, 0.15) is 17.9 Å². The molecule has 3 heterocycles. The number of amides is 2. The Balaban J connectivity index is 1.45. The van der Waals surface area contributed by atoms with Crippen molar-refractivity contribution in [2.75, 3.05) is 42.6 Å². The lowest BCUT2D eigenvalue weighted by Crippen LogP contribution is -2.43. The molecule has 1 spiro atoms. The lowest BCUT2D eigenvalue weighted by Gasteiger charge is -2.37. The van der Waals surface area contributed by atoms with E-state index in [1.807, 2.05) is 25.1 Å². The molecule has 5 rings (SSSR count). The van der Waals surface area contributed by atoms with Gasteiger partial charge in [0, 0.05) is 36.3 Å². The number of nitrogens with one attached hydrogen (secondary N) is 1. The molecule has 2 amide bonds. The molecule has 0 radical (unpaired) electrons. The Morgan fingerprint density at radius 3 is 2.50 bits per heavy atom. The third-order valence-corrected chi connectivity index (χ3v) is 8.31. The number of rotatable bonds is 8. The van der Waals surface area contributed by atoms with E-state index in [9.17, 15) is 18.0 Å². The van der Waals surface area contributed by atoms with Gasteiger partial charge >= 0.3 is 6.09 Å². The van der Waals surface area contributed by atoms with E-state index in [4.69, 9.17) is 9.47 Å². The second-order valence-electron chi connectivity index (χ2n) is 11.9. The highest BCUT2D eigenvalue weighted by Crippen LogP contribution is 2.55. The monoisotopic (exact) mass is 595 g/mol. The highest BCUT2D eigenvalue weighted by atomic mass is 32.2. The number of carbonyl (C=O) groups excluding carboxylic acids is 2. The van der Waals surface area contributed by atoms with Crippen LogP contribution in [0.3, 0.4) is 0 Å². The van der Waals surface area contributed by atoms with E-state index >= 15 is 0 Å². The number of aromatic nitrogens is 2. The summed E-state index contributed by atoms with van der Waals surface area (Å²) >= 11 is 0. The summed E-state index contributed by atoms with van der Waals surface area (Å²) in [5, 5.41) is 0.905. The molecule has 3 aromatic rings. The predicted molar refractivity (Wildman–Crippen MR) is 161 cm³/mol. The van der Waals surface area contributed by atoms with Gasteiger partial charge in [-0.1, -0.05) is 12.5 Å². The molecular weight excluding hydrogens is 558 g/mol. The number of carbonyl (C=O) groups is 2. The second-order valence-corrected chi connectivity index (χ2v) is 13.7. The molecule has 11 nitrogen and oxygen atoms in total. The zero-order valence-electron chi connectivity index (χ0n) is 24.9. The largest absolute Gasteiger partial charge is 0.474 e. The number of fused-ring (bicyclic) bond motifs is 4. The van der Waals surface area contributed by atoms with Gasteiger partial charge in [-0.05, 0) is 64.3 Å². The fourth-order valence-corrected chi connectivity index (χ4v) is 6.15. The average Bonchev–Trinajstić information content (AvgIpc) is 3.12. The van der Waals surface area contributed by atoms with Crippen LogP contribution in [0.2, 0.25) is 0 Å². The summed E-state index contributed by atoms with van der Waals surface area (Å²) in [7, 11) is -1.86. The van der Waals surface area contributed by atoms with Gasteiger partial charge in [0.05, 0.1) is 35.6 Å². The molecule has 1 aromatic carbocycles. The minimum atomic E-state index is -3.65. The standard InChI is InChI=1S/C30H37N5O6S/c1-7-35(28(37)41-29(2,3)4)13-14-40-26-23(33-42(6,38)39)16-20(17-32-26)19-9-10-22-21(15-19)25-24(18-31-22)34(5)27(36)30(25)11-8-12-30/h9-10,15-18,33H,7-8,11-14H2,1-6H3. The Hall–Kier alpha value is -3.93. The molecule has 12 heteroatoms. The van der Waals surface area contributed by atoms with E-state index in [2.05, 4.69) is 14.7 Å². The number of nitrogens with zero attached hydrogens (tertiary/aromatic N) is 4. The average molecular weight is 596 g/mol. The van der Waals surface area contributed by atoms with Crippen LogP contribution in [-0.2, 0) is 25.0 Å². The minimum absolute atomic E-state index is 0.0787. The van der Waals surface area contributed by atoms with E-state index in [1.54, 1.807) is 51.2 Å². The Kier molecular flexibility index (Phi) is 7.55. The predicted octanol–water partition coefficient (Wildman–Crippen LogP) is 4.70. The maximum atomic E-state index is 13.2. The molecule has 0 atom stereocenters. The summed E-state index contributed by atoms with van der Waals surface area (Å²) in [6.45, 7) is 7.96. The number of anilines is 2. The minimum Gasteiger partial charge on any atom is -0.474 e. The summed E-state index contributed by atoms with van der Waals surface area (Å²) < 4.78 is 38.2. The van der Waals surface area contributed by atoms with Gasteiger partial charge in [0.15, 0.2) is 0 Å². The molecule has 2 aliphatic rings. The Morgan fingerprint density at radius 2 is 1.88 bits per heavy atom. The molecule has 1 N–H and O–H groups in total. The fraction of sp³-hybridized carbons (Fsp3) is 0.467. The lowest BCUT2D eigenvalue weighted by molar-refractivity contribution is -0.125. The van der Waals surface area contributed by atoms with Gasteiger partial charge in [-0.15, -0.1) is 0 Å². The Labute approximate surface area is 246 Å². The van der Waals surface area contributed by atoms with Crippen LogP contribution in [0, 0.1) is 0 Å². The van der Waals surface area contributed by atoms with E-state index in [0.717, 1.165) is 53.2 Å². The number of hydrogen-bond acceptors (Lipinski definition) is 8. The third kappa shape index (κ3) is 5.59. The molecular formula is C30H37N5O6S. The first-order valence-electron chi connectivity index (χ1n) is 14.0. The van der Waals surface area contributed by atoms with Crippen LogP contribution >= 0.6 is 0 Å². The van der Waals surface area contributed by atoms with Crippen molar-refractivity contribution in [2.45, 2.75) is 58.0 Å². The van der Waals surface area contributed by atoms with E-state index in [-0.39, 0.29) is 30.6 Å². The van der Waals surface area contributed by atoms with Gasteiger partial charge < -0.3 is 19.3 Å². The number of benzene rings is 1. The maximum absolute atomic E-state index is 13.2. The third-order valence-electron chi connectivity index (χ3n) is 7.72. The lowest BCUT2D eigenvalue weighted by atomic mass is 9.64. The Bertz CT molecular complexity index is 1660. The molecule has 0 saturated heterocycles. The fourth-order valence-electron chi connectivity index (χ4n) is 5.61. The maximum Gasteiger partial charge on any atom is 0.410 e. The summed E-state index contributed by atoms with van der Waals surface area (Å²) in [5.41, 5.74) is 3.15. The van der Waals surface area contributed by atoms with E-state index < -0.39 is 27.1 Å². The summed E-state index contributed by atoms with van der Waals surface area (Å²) in [6.07, 6.45) is 6.61. The first kappa shape index (κ1) is 29.6. The summed E-state index contributed by atoms with van der Waals surface area (Å²) in [6, 6.07) is 7.47. The van der Waals surface area contributed by atoms with Crippen molar-refractivity contribution in [1.82, 2.24) is 14.9 Å². The van der Waals surface area contributed by atoms with Gasteiger partial charge in [-0.2, -0.15) is 0 Å². The highest BCUT2D eigenvalue weighted by molar-refractivity contribution is 7.92. The molecule has 1 aliphatic heterocycles. The normalized spacial score (nSPS) is 15.9. The van der Waals surface area contributed by atoms with Crippen LogP contribution in [0.25, 0.3) is 22.0 Å². The van der Waals surface area contributed by atoms with Crippen molar-refractivity contribution in [3.8, 4) is 17.0 Å². The van der Waals surface area contributed by atoms with Crippen LogP contribution in [0.5, 0.6) is 5.88 Å². The number of pyridine rings is 2. The first-order chi connectivity index (χ1) is 19.7. The second kappa shape index (κ2) is 10.7. The van der Waals surface area contributed by atoms with Crippen molar-refractivity contribution in [1.29, 1.82) is 0 Å². The topological polar surface area (TPSA) is 131 Å². The number of hydrogen-bond donors (Lipinski definition) is 1. The summed E-state index contributed by atoms with van der Waals surface area (Å²) in [4.78, 5) is 37.9. The molecule has 0 unspecified atom stereocenters. The molecule has 1 saturated carbocycles. The van der Waals surface area contributed by atoms with Crippen LogP contribution in [0.4, 0.5) is 16.2 Å². The highest BCUT2D eigenvalue weighted by Gasteiger charge is 2.54. The molecule has 1 aliphatic carbocycles. The first-order valence-corrected chi connectivity index (χ1v) is 15.9. The SMILES string of the molecule is CCN(CCOc1ncc(-c2ccc3ncc4c(c3c2)C2(CCC2)C(=O)N4C)cc1NS(C)(=O)=O)C(=O)OC(C)(C)C. The van der Waals surface area contributed by atoms with Crippen molar-refractivity contribution in [2.24, 2.45) is 0 Å². The van der Waals surface area contributed by atoms with Gasteiger partial charge in [-0.25, -0.2) is 18.2 Å². The molecule has 224 valence electrons. The summed E-state index contributed by atoms with van der Waals surface area (Å²) in [5.74, 6) is 0.202. The van der Waals surface area contributed by atoms with Crippen molar-refractivity contribution in [3.05, 3.63) is 42.2 Å². The van der Waals surface area contributed by atoms with Gasteiger partial charge in [-0.3, -0.25) is 14.5 Å². The molecule has 42 heavy (non-hydrogen) atoms. The number of sulfonamides is 1. The van der Waals surface area contributed by atoms with Crippen LogP contribution in [0.1, 0.15) is 52.5 Å². The van der Waals surface area contributed by atoms with E-state index in [0.29, 0.717) is 12.1 Å². The quantitative estimate of drug-likeness (QED) is 0.397. The molecule has 1 fully saturated rings. The Morgan fingerprint density at radius 1 is 1.14 bits per heavy atom. The van der Waals surface area contributed by atoms with Gasteiger partial charge in [0.2, 0.25) is 21.8 Å². The van der Waals surface area contributed by atoms with Crippen molar-refractivity contribution < 1.29 is 27.5 Å². The number of ether oxygens (including phenoxy) is 2. The number of likely N-dealkylation sites (N-methyl/N-ethyl adjacent to an activating group) is 2.